The Balaban J connectivity index is 2.59. The van der Waals surface area contributed by atoms with Crippen molar-refractivity contribution < 1.29 is 24.2 Å². The van der Waals surface area contributed by atoms with E-state index in [9.17, 15) is 14.7 Å². The van der Waals surface area contributed by atoms with Gasteiger partial charge in [-0.05, 0) is 32.2 Å². The van der Waals surface area contributed by atoms with Gasteiger partial charge in [0.1, 0.15) is 11.2 Å². The Hall–Kier alpha value is -2.76. The van der Waals surface area contributed by atoms with Gasteiger partial charge in [-0.15, -0.1) is 0 Å². The molecule has 0 spiro atoms. The monoisotopic (exact) mass is 317 g/mol. The van der Waals surface area contributed by atoms with Crippen molar-refractivity contribution in [2.75, 3.05) is 12.4 Å². The number of benzene rings is 2. The topological polar surface area (TPSA) is 84.9 Å². The maximum absolute atomic E-state index is 12.1. The third-order valence-corrected chi connectivity index (χ3v) is 3.06. The summed E-state index contributed by atoms with van der Waals surface area (Å²) < 4.78 is 10.5. The molecule has 23 heavy (non-hydrogen) atoms. The summed E-state index contributed by atoms with van der Waals surface area (Å²) in [6.07, 6.45) is -0.677. The number of aromatic carboxylic acids is 1. The molecule has 2 aromatic carbocycles. The van der Waals surface area contributed by atoms with Crippen molar-refractivity contribution in [2.45, 2.75) is 26.4 Å². The van der Waals surface area contributed by atoms with Crippen LogP contribution in [0.1, 0.15) is 31.1 Å². The number of ether oxygens (including phenoxy) is 2. The lowest BCUT2D eigenvalue weighted by molar-refractivity contribution is 0.0631. The highest BCUT2D eigenvalue weighted by molar-refractivity contribution is 6.08. The number of carboxylic acid groups (broad SMARTS) is 1. The van der Waals surface area contributed by atoms with E-state index in [2.05, 4.69) is 5.32 Å². The third-order valence-electron chi connectivity index (χ3n) is 3.06. The van der Waals surface area contributed by atoms with Crippen LogP contribution in [0.2, 0.25) is 0 Å². The number of methoxy groups -OCH3 is 1. The molecule has 0 aliphatic rings. The van der Waals surface area contributed by atoms with Gasteiger partial charge >= 0.3 is 12.1 Å². The van der Waals surface area contributed by atoms with E-state index in [0.717, 1.165) is 0 Å². The molecule has 0 radical (unpaired) electrons. The Morgan fingerprint density at radius 1 is 1.17 bits per heavy atom. The van der Waals surface area contributed by atoms with Gasteiger partial charge in [-0.25, -0.2) is 9.59 Å². The summed E-state index contributed by atoms with van der Waals surface area (Å²) in [6.45, 7) is 5.24. The van der Waals surface area contributed by atoms with E-state index in [4.69, 9.17) is 9.47 Å². The van der Waals surface area contributed by atoms with E-state index in [0.29, 0.717) is 10.8 Å². The minimum Gasteiger partial charge on any atom is -0.494 e. The molecule has 0 heterocycles. The standard InChI is InChI=1S/C17H19NO5/c1-17(2,3)23-16(21)18-13-11-8-6-5-7-10(11)9-12(15(19)20)14(13)22-4/h5-9H,1-4H3,(H,18,21)(H,19,20). The number of hydrogen-bond acceptors (Lipinski definition) is 4. The molecule has 6 nitrogen and oxygen atoms in total. The summed E-state index contributed by atoms with van der Waals surface area (Å²) in [7, 11) is 1.36. The van der Waals surface area contributed by atoms with Crippen LogP contribution in [-0.2, 0) is 4.74 Å². The fourth-order valence-corrected chi connectivity index (χ4v) is 2.23. The molecule has 0 fully saturated rings. The highest BCUT2D eigenvalue weighted by atomic mass is 16.6. The largest absolute Gasteiger partial charge is 0.494 e. The lowest BCUT2D eigenvalue weighted by atomic mass is 10.0. The summed E-state index contributed by atoms with van der Waals surface area (Å²) in [5, 5.41) is 13.3. The number of nitrogens with one attached hydrogen (secondary N) is 1. The van der Waals surface area contributed by atoms with Gasteiger partial charge in [-0.2, -0.15) is 0 Å². The predicted octanol–water partition coefficient (Wildman–Crippen LogP) is 3.89. The molecule has 0 atom stereocenters. The molecule has 2 rings (SSSR count). The van der Waals surface area contributed by atoms with Crippen LogP contribution >= 0.6 is 0 Å². The molecule has 0 aliphatic carbocycles. The molecule has 0 unspecified atom stereocenters. The SMILES string of the molecule is COc1c(C(=O)O)cc2ccccc2c1NC(=O)OC(C)(C)C. The number of amides is 1. The summed E-state index contributed by atoms with van der Waals surface area (Å²) in [6, 6.07) is 8.63. The van der Waals surface area contributed by atoms with Gasteiger partial charge in [0.05, 0.1) is 12.8 Å². The zero-order chi connectivity index (χ0) is 17.2. The quantitative estimate of drug-likeness (QED) is 0.897. The van der Waals surface area contributed by atoms with Crippen LogP contribution in [0.5, 0.6) is 5.75 Å². The molecular weight excluding hydrogens is 298 g/mol. The van der Waals surface area contributed by atoms with Crippen LogP contribution in [0.25, 0.3) is 10.8 Å². The van der Waals surface area contributed by atoms with Crippen molar-refractivity contribution in [1.82, 2.24) is 0 Å². The lowest BCUT2D eigenvalue weighted by Crippen LogP contribution is -2.27. The summed E-state index contributed by atoms with van der Waals surface area (Å²) in [5.74, 6) is -1.05. The van der Waals surface area contributed by atoms with Gasteiger partial charge in [-0.3, -0.25) is 5.32 Å². The van der Waals surface area contributed by atoms with E-state index in [1.54, 1.807) is 45.0 Å². The Kier molecular flexibility index (Phi) is 4.45. The van der Waals surface area contributed by atoms with Gasteiger partial charge in [0.2, 0.25) is 0 Å². The molecule has 2 N–H and O–H groups in total. The first kappa shape index (κ1) is 16.6. The van der Waals surface area contributed by atoms with Crippen molar-refractivity contribution in [3.05, 3.63) is 35.9 Å². The molecule has 6 heteroatoms. The lowest BCUT2D eigenvalue weighted by Gasteiger charge is -2.21. The van der Waals surface area contributed by atoms with Crippen LogP contribution in [0.15, 0.2) is 30.3 Å². The molecule has 0 saturated heterocycles. The van der Waals surface area contributed by atoms with E-state index in [1.807, 2.05) is 0 Å². The molecule has 2 aromatic rings. The molecule has 1 amide bonds. The summed E-state index contributed by atoms with van der Waals surface area (Å²) >= 11 is 0. The Morgan fingerprint density at radius 3 is 2.39 bits per heavy atom. The first-order valence-electron chi connectivity index (χ1n) is 7.06. The fourth-order valence-electron chi connectivity index (χ4n) is 2.23. The number of rotatable bonds is 3. The summed E-state index contributed by atoms with van der Waals surface area (Å²) in [4.78, 5) is 23.6. The Morgan fingerprint density at radius 2 is 1.83 bits per heavy atom. The van der Waals surface area contributed by atoms with Crippen molar-refractivity contribution in [3.63, 3.8) is 0 Å². The van der Waals surface area contributed by atoms with Crippen LogP contribution in [-0.4, -0.2) is 29.9 Å². The smallest absolute Gasteiger partial charge is 0.412 e. The summed E-state index contributed by atoms with van der Waals surface area (Å²) in [5.41, 5.74) is -0.424. The average molecular weight is 317 g/mol. The van der Waals surface area contributed by atoms with Crippen LogP contribution in [0.4, 0.5) is 10.5 Å². The van der Waals surface area contributed by atoms with Crippen LogP contribution < -0.4 is 10.1 Å². The third kappa shape index (κ3) is 3.71. The number of hydrogen-bond donors (Lipinski definition) is 2. The Bertz CT molecular complexity index is 761. The van der Waals surface area contributed by atoms with Gasteiger partial charge < -0.3 is 14.6 Å². The van der Waals surface area contributed by atoms with Gasteiger partial charge in [0.15, 0.2) is 5.75 Å². The molecule has 0 aliphatic heterocycles. The van der Waals surface area contributed by atoms with Crippen molar-refractivity contribution in [2.24, 2.45) is 0 Å². The van der Waals surface area contributed by atoms with Crippen LogP contribution in [0.3, 0.4) is 0 Å². The van der Waals surface area contributed by atoms with E-state index in [1.165, 1.54) is 13.2 Å². The zero-order valence-electron chi connectivity index (χ0n) is 13.5. The zero-order valence-corrected chi connectivity index (χ0v) is 13.5. The van der Waals surface area contributed by atoms with Gasteiger partial charge in [0, 0.05) is 5.39 Å². The Labute approximate surface area is 134 Å². The van der Waals surface area contributed by atoms with E-state index >= 15 is 0 Å². The second-order valence-electron chi connectivity index (χ2n) is 5.99. The highest BCUT2D eigenvalue weighted by Gasteiger charge is 2.22. The molecule has 122 valence electrons. The normalized spacial score (nSPS) is 11.1. The molecule has 0 saturated carbocycles. The van der Waals surface area contributed by atoms with Crippen molar-refractivity contribution in [3.8, 4) is 5.75 Å². The fraction of sp³-hybridized carbons (Fsp3) is 0.294. The van der Waals surface area contributed by atoms with Crippen molar-refractivity contribution >= 4 is 28.5 Å². The van der Waals surface area contributed by atoms with Crippen molar-refractivity contribution in [1.29, 1.82) is 0 Å². The number of anilines is 1. The van der Waals surface area contributed by atoms with Gasteiger partial charge in [0.25, 0.3) is 0 Å². The number of carboxylic acids is 1. The molecule has 0 bridgehead atoms. The predicted molar refractivity (Wildman–Crippen MR) is 87.3 cm³/mol. The van der Waals surface area contributed by atoms with Gasteiger partial charge in [-0.1, -0.05) is 24.3 Å². The van der Waals surface area contributed by atoms with Crippen LogP contribution in [0, 0.1) is 0 Å². The second kappa shape index (κ2) is 6.16. The molecule has 0 aromatic heterocycles. The van der Waals surface area contributed by atoms with E-state index < -0.39 is 17.7 Å². The number of carbonyl (C=O) groups is 2. The molecular formula is C17H19NO5. The first-order valence-corrected chi connectivity index (χ1v) is 7.06. The number of fused-ring (bicyclic) bond motifs is 1. The second-order valence-corrected chi connectivity index (χ2v) is 5.99. The number of carbonyl (C=O) groups excluding carboxylic acids is 1. The van der Waals surface area contributed by atoms with E-state index in [-0.39, 0.29) is 17.0 Å². The first-order chi connectivity index (χ1) is 10.7. The minimum absolute atomic E-state index is 0.0303. The average Bonchev–Trinajstić information content (AvgIpc) is 2.44. The maximum atomic E-state index is 12.1. The highest BCUT2D eigenvalue weighted by Crippen LogP contribution is 2.37. The minimum atomic E-state index is -1.14. The maximum Gasteiger partial charge on any atom is 0.412 e.